The summed E-state index contributed by atoms with van der Waals surface area (Å²) in [6, 6.07) is 8.62. The summed E-state index contributed by atoms with van der Waals surface area (Å²) >= 11 is 0. The molecule has 17 heavy (non-hydrogen) atoms. The molecule has 1 atom stereocenters. The topological polar surface area (TPSA) is 34.0 Å². The maximum atomic E-state index is 11.9. The summed E-state index contributed by atoms with van der Waals surface area (Å²) in [7, 11) is 0. The predicted molar refractivity (Wildman–Crippen MR) is 68.4 cm³/mol. The van der Waals surface area contributed by atoms with Crippen LogP contribution in [0.1, 0.15) is 35.9 Å². The van der Waals surface area contributed by atoms with Crippen molar-refractivity contribution >= 4 is 16.8 Å². The Morgan fingerprint density at radius 3 is 3.06 bits per heavy atom. The van der Waals surface area contributed by atoms with Crippen molar-refractivity contribution in [2.75, 3.05) is 6.54 Å². The number of carbonyl (C=O) groups excluding carboxylic acids is 1. The molecule has 0 saturated carbocycles. The van der Waals surface area contributed by atoms with E-state index in [1.54, 1.807) is 0 Å². The van der Waals surface area contributed by atoms with Crippen molar-refractivity contribution in [2.45, 2.75) is 26.3 Å². The number of amides is 1. The SMILES string of the molecule is CCc1cccc2cc3n(c12)[C@H](C)CNC3=O. The predicted octanol–water partition coefficient (Wildman–Crippen LogP) is 2.51. The first-order valence-corrected chi connectivity index (χ1v) is 6.13. The number of para-hydroxylation sites is 1. The second kappa shape index (κ2) is 3.62. The van der Waals surface area contributed by atoms with Gasteiger partial charge in [0.15, 0.2) is 0 Å². The largest absolute Gasteiger partial charge is 0.349 e. The molecule has 1 amide bonds. The van der Waals surface area contributed by atoms with E-state index in [2.05, 4.69) is 41.9 Å². The van der Waals surface area contributed by atoms with Crippen LogP contribution >= 0.6 is 0 Å². The van der Waals surface area contributed by atoms with Crippen molar-refractivity contribution < 1.29 is 4.79 Å². The van der Waals surface area contributed by atoms with Crippen LogP contribution < -0.4 is 5.32 Å². The van der Waals surface area contributed by atoms with E-state index in [-0.39, 0.29) is 5.91 Å². The van der Waals surface area contributed by atoms with Crippen molar-refractivity contribution in [1.82, 2.24) is 9.88 Å². The fraction of sp³-hybridized carbons (Fsp3) is 0.357. The average Bonchev–Trinajstić information content (AvgIpc) is 2.74. The van der Waals surface area contributed by atoms with Gasteiger partial charge in [-0.05, 0) is 25.0 Å². The van der Waals surface area contributed by atoms with Gasteiger partial charge in [0.1, 0.15) is 5.69 Å². The first kappa shape index (κ1) is 10.4. The molecule has 0 aliphatic carbocycles. The van der Waals surface area contributed by atoms with E-state index in [4.69, 9.17) is 0 Å². The second-order valence-corrected chi connectivity index (χ2v) is 4.67. The standard InChI is InChI=1S/C14H16N2O/c1-3-10-5-4-6-11-7-12-14(17)15-8-9(2)16(12)13(10)11/h4-7,9H,3,8H2,1-2H3,(H,15,17)/t9-/m1/s1. The van der Waals surface area contributed by atoms with Crippen LogP contribution in [0, 0.1) is 0 Å². The molecule has 0 spiro atoms. The first-order chi connectivity index (χ1) is 8.22. The fourth-order valence-corrected chi connectivity index (χ4v) is 2.70. The lowest BCUT2D eigenvalue weighted by Crippen LogP contribution is -2.37. The molecule has 0 radical (unpaired) electrons. The average molecular weight is 228 g/mol. The summed E-state index contributed by atoms with van der Waals surface area (Å²) in [4.78, 5) is 11.9. The number of aryl methyl sites for hydroxylation is 1. The number of aromatic nitrogens is 1. The molecule has 1 aromatic carbocycles. The van der Waals surface area contributed by atoms with Crippen LogP contribution in [0.2, 0.25) is 0 Å². The van der Waals surface area contributed by atoms with E-state index >= 15 is 0 Å². The van der Waals surface area contributed by atoms with Crippen molar-refractivity contribution in [2.24, 2.45) is 0 Å². The van der Waals surface area contributed by atoms with Crippen LogP contribution in [0.4, 0.5) is 0 Å². The molecule has 0 saturated heterocycles. The van der Waals surface area contributed by atoms with E-state index in [0.29, 0.717) is 12.6 Å². The van der Waals surface area contributed by atoms with Gasteiger partial charge < -0.3 is 9.88 Å². The Labute approximate surface area is 100 Å². The minimum Gasteiger partial charge on any atom is -0.349 e. The van der Waals surface area contributed by atoms with Crippen LogP contribution in [0.5, 0.6) is 0 Å². The van der Waals surface area contributed by atoms with Crippen molar-refractivity contribution in [1.29, 1.82) is 0 Å². The van der Waals surface area contributed by atoms with Crippen LogP contribution in [-0.4, -0.2) is 17.0 Å². The van der Waals surface area contributed by atoms with Gasteiger partial charge in [0.25, 0.3) is 5.91 Å². The van der Waals surface area contributed by atoms with Gasteiger partial charge in [-0.1, -0.05) is 25.1 Å². The Bertz CT molecular complexity index is 598. The minimum absolute atomic E-state index is 0.0429. The number of fused-ring (bicyclic) bond motifs is 3. The Kier molecular flexibility index (Phi) is 2.21. The molecule has 1 N–H and O–H groups in total. The van der Waals surface area contributed by atoms with Gasteiger partial charge in [-0.25, -0.2) is 0 Å². The van der Waals surface area contributed by atoms with Gasteiger partial charge in [-0.2, -0.15) is 0 Å². The van der Waals surface area contributed by atoms with Crippen LogP contribution in [0.25, 0.3) is 10.9 Å². The first-order valence-electron chi connectivity index (χ1n) is 6.13. The molecule has 2 aromatic rings. The zero-order chi connectivity index (χ0) is 12.0. The molecular formula is C14H16N2O. The normalized spacial score (nSPS) is 19.2. The lowest BCUT2D eigenvalue weighted by molar-refractivity contribution is 0.0919. The third-order valence-electron chi connectivity index (χ3n) is 3.56. The molecule has 1 aliphatic rings. The number of rotatable bonds is 1. The third kappa shape index (κ3) is 1.38. The Morgan fingerprint density at radius 1 is 1.47 bits per heavy atom. The Hall–Kier alpha value is -1.77. The van der Waals surface area contributed by atoms with Crippen molar-refractivity contribution in [3.05, 3.63) is 35.5 Å². The molecule has 3 heteroatoms. The molecule has 2 heterocycles. The summed E-state index contributed by atoms with van der Waals surface area (Å²) in [5.74, 6) is 0.0429. The molecular weight excluding hydrogens is 212 g/mol. The number of hydrogen-bond donors (Lipinski definition) is 1. The number of nitrogens with one attached hydrogen (secondary N) is 1. The Balaban J connectivity index is 2.39. The van der Waals surface area contributed by atoms with E-state index in [0.717, 1.165) is 12.1 Å². The van der Waals surface area contributed by atoms with E-state index in [9.17, 15) is 4.79 Å². The van der Waals surface area contributed by atoms with E-state index < -0.39 is 0 Å². The summed E-state index contributed by atoms with van der Waals surface area (Å²) in [5.41, 5.74) is 3.34. The van der Waals surface area contributed by atoms with Gasteiger partial charge in [0.2, 0.25) is 0 Å². The highest BCUT2D eigenvalue weighted by Crippen LogP contribution is 2.29. The molecule has 3 rings (SSSR count). The van der Waals surface area contributed by atoms with Crippen LogP contribution in [0.3, 0.4) is 0 Å². The molecule has 3 nitrogen and oxygen atoms in total. The van der Waals surface area contributed by atoms with Gasteiger partial charge >= 0.3 is 0 Å². The highest BCUT2D eigenvalue weighted by molar-refractivity contribution is 6.00. The fourth-order valence-electron chi connectivity index (χ4n) is 2.70. The molecule has 88 valence electrons. The van der Waals surface area contributed by atoms with E-state index in [1.165, 1.54) is 16.5 Å². The number of benzene rings is 1. The highest BCUT2D eigenvalue weighted by Gasteiger charge is 2.24. The Morgan fingerprint density at radius 2 is 2.29 bits per heavy atom. The van der Waals surface area contributed by atoms with Crippen molar-refractivity contribution in [3.8, 4) is 0 Å². The maximum absolute atomic E-state index is 11.9. The molecule has 0 bridgehead atoms. The maximum Gasteiger partial charge on any atom is 0.268 e. The molecule has 0 unspecified atom stereocenters. The quantitative estimate of drug-likeness (QED) is 0.799. The number of hydrogen-bond acceptors (Lipinski definition) is 1. The lowest BCUT2D eigenvalue weighted by atomic mass is 10.1. The van der Waals surface area contributed by atoms with Crippen LogP contribution in [-0.2, 0) is 6.42 Å². The summed E-state index contributed by atoms with van der Waals surface area (Å²) in [6.07, 6.45) is 0.995. The smallest absolute Gasteiger partial charge is 0.268 e. The minimum atomic E-state index is 0.0429. The molecule has 1 aliphatic heterocycles. The number of carbonyl (C=O) groups is 1. The van der Waals surface area contributed by atoms with Crippen LogP contribution in [0.15, 0.2) is 24.3 Å². The summed E-state index contributed by atoms with van der Waals surface area (Å²) < 4.78 is 2.19. The lowest BCUT2D eigenvalue weighted by Gasteiger charge is -2.24. The second-order valence-electron chi connectivity index (χ2n) is 4.67. The van der Waals surface area contributed by atoms with E-state index in [1.807, 2.05) is 6.07 Å². The third-order valence-corrected chi connectivity index (χ3v) is 3.56. The van der Waals surface area contributed by atoms with Gasteiger partial charge in [-0.3, -0.25) is 4.79 Å². The number of nitrogens with zero attached hydrogens (tertiary/aromatic N) is 1. The summed E-state index contributed by atoms with van der Waals surface area (Å²) in [6.45, 7) is 5.02. The summed E-state index contributed by atoms with van der Waals surface area (Å²) in [5, 5.41) is 4.10. The van der Waals surface area contributed by atoms with Crippen molar-refractivity contribution in [3.63, 3.8) is 0 Å². The monoisotopic (exact) mass is 228 g/mol. The molecule has 0 fully saturated rings. The highest BCUT2D eigenvalue weighted by atomic mass is 16.2. The molecule has 1 aromatic heterocycles. The zero-order valence-electron chi connectivity index (χ0n) is 10.2. The van der Waals surface area contributed by atoms with Gasteiger partial charge in [-0.15, -0.1) is 0 Å². The van der Waals surface area contributed by atoms with Gasteiger partial charge in [0, 0.05) is 18.0 Å². The van der Waals surface area contributed by atoms with Gasteiger partial charge in [0.05, 0.1) is 5.52 Å². The zero-order valence-corrected chi connectivity index (χ0v) is 10.2.